The molecule has 2 aliphatic rings. The number of carbonyl (C=O) groups excluding carboxylic acids is 1. The van der Waals surface area contributed by atoms with Crippen LogP contribution in [0.1, 0.15) is 36.0 Å². The smallest absolute Gasteiger partial charge is 0.258 e. The van der Waals surface area contributed by atoms with E-state index in [1.54, 1.807) is 6.07 Å². The first kappa shape index (κ1) is 30.4. The zero-order valence-corrected chi connectivity index (χ0v) is 24.1. The molecule has 3 N–H and O–H groups in total. The van der Waals surface area contributed by atoms with Crippen molar-refractivity contribution in [1.29, 1.82) is 0 Å². The summed E-state index contributed by atoms with van der Waals surface area (Å²) in [6, 6.07) is 9.04. The van der Waals surface area contributed by atoms with E-state index in [1.165, 1.54) is 30.5 Å². The second-order valence-corrected chi connectivity index (χ2v) is 14.8. The second-order valence-electron chi connectivity index (χ2n) is 10.4. The lowest BCUT2D eigenvalue weighted by atomic mass is 9.74. The summed E-state index contributed by atoms with van der Waals surface area (Å²) in [6.45, 7) is -0.311. The van der Waals surface area contributed by atoms with Crippen LogP contribution >= 0.6 is 11.6 Å². The molecule has 0 radical (unpaired) electrons. The fourth-order valence-electron chi connectivity index (χ4n) is 5.82. The van der Waals surface area contributed by atoms with Crippen LogP contribution in [0, 0.1) is 29.3 Å². The van der Waals surface area contributed by atoms with Gasteiger partial charge in [0.25, 0.3) is 15.9 Å². The predicted molar refractivity (Wildman–Crippen MR) is 147 cm³/mol. The molecule has 5 rings (SSSR count). The molecule has 2 bridgehead atoms. The maximum atomic E-state index is 13.7. The number of halogens is 4. The van der Waals surface area contributed by atoms with Crippen LogP contribution in [-0.2, 0) is 19.9 Å². The van der Waals surface area contributed by atoms with Gasteiger partial charge in [0.15, 0.2) is 32.3 Å². The van der Waals surface area contributed by atoms with Crippen molar-refractivity contribution in [3.63, 3.8) is 0 Å². The fourth-order valence-corrected chi connectivity index (χ4v) is 9.24. The van der Waals surface area contributed by atoms with Crippen molar-refractivity contribution < 1.29 is 39.9 Å². The molecule has 42 heavy (non-hydrogen) atoms. The number of hydrogen-bond acceptors (Lipinski definition) is 7. The summed E-state index contributed by atoms with van der Waals surface area (Å²) in [6.07, 6.45) is 2.36. The molecule has 2 unspecified atom stereocenters. The molecule has 2 saturated carbocycles. The summed E-state index contributed by atoms with van der Waals surface area (Å²) in [4.78, 5) is 16.3. The number of anilines is 1. The summed E-state index contributed by atoms with van der Waals surface area (Å²) in [5.74, 6) is -6.70. The van der Waals surface area contributed by atoms with Crippen LogP contribution in [0.15, 0.2) is 64.6 Å². The van der Waals surface area contributed by atoms with E-state index < -0.39 is 65.9 Å². The highest BCUT2D eigenvalue weighted by molar-refractivity contribution is 7.92. The van der Waals surface area contributed by atoms with Crippen LogP contribution in [0.3, 0.4) is 0 Å². The van der Waals surface area contributed by atoms with Gasteiger partial charge in [-0.1, -0.05) is 17.7 Å². The van der Waals surface area contributed by atoms with Gasteiger partial charge in [-0.25, -0.2) is 39.7 Å². The molecule has 0 aliphatic heterocycles. The van der Waals surface area contributed by atoms with Gasteiger partial charge >= 0.3 is 0 Å². The van der Waals surface area contributed by atoms with E-state index in [9.17, 15) is 39.9 Å². The summed E-state index contributed by atoms with van der Waals surface area (Å²) < 4.78 is 95.6. The number of pyridine rings is 1. The number of hydrogen-bond donors (Lipinski definition) is 3. The van der Waals surface area contributed by atoms with Gasteiger partial charge < -0.3 is 10.4 Å². The molecule has 2 aromatic carbocycles. The maximum Gasteiger partial charge on any atom is 0.258 e. The Morgan fingerprint density at radius 3 is 2.24 bits per heavy atom. The molecule has 9 nitrogen and oxygen atoms in total. The third-order valence-corrected chi connectivity index (χ3v) is 12.0. The van der Waals surface area contributed by atoms with Gasteiger partial charge in [-0.05, 0) is 67.9 Å². The van der Waals surface area contributed by atoms with Crippen LogP contribution in [0.2, 0.25) is 5.02 Å². The highest BCUT2D eigenvalue weighted by atomic mass is 35.5. The number of aliphatic hydroxyl groups is 1. The number of aromatic nitrogens is 1. The van der Waals surface area contributed by atoms with Crippen molar-refractivity contribution in [2.75, 3.05) is 11.9 Å². The standard InChI is InChI=1S/C27H25ClF3N3O6S2/c28-20-7-4-15(26(35)34-18-12-21(29)25(31)22(30)13-18)9-23(20)41(37,38)19-10-16-5-6-17(11-19)27(16,36)14-33-42(39,40)24-3-1-2-8-32-24/h1-4,7-9,12-13,16-17,19,33,36H,5-6,10-11,14H2,(H,34,35). The molecular weight excluding hydrogens is 619 g/mol. The molecule has 0 saturated heterocycles. The molecule has 15 heteroatoms. The first-order chi connectivity index (χ1) is 19.7. The van der Waals surface area contributed by atoms with Crippen molar-refractivity contribution in [1.82, 2.24) is 9.71 Å². The molecule has 1 aromatic heterocycles. The number of benzene rings is 2. The first-order valence-electron chi connectivity index (χ1n) is 12.8. The molecule has 0 spiro atoms. The van der Waals surface area contributed by atoms with Gasteiger partial charge in [-0.15, -0.1) is 0 Å². The Morgan fingerprint density at radius 1 is 1.00 bits per heavy atom. The SMILES string of the molecule is O=C(Nc1cc(F)c(F)c(F)c1)c1ccc(Cl)c(S(=O)(=O)C2CC3CCC(C2)C3(O)CNS(=O)(=O)c2ccccn2)c1. The Labute approximate surface area is 245 Å². The minimum absolute atomic E-state index is 0.0293. The topological polar surface area (TPSA) is 143 Å². The van der Waals surface area contributed by atoms with Crippen molar-refractivity contribution >= 4 is 43.1 Å². The van der Waals surface area contributed by atoms with E-state index in [4.69, 9.17) is 11.6 Å². The van der Waals surface area contributed by atoms with Gasteiger partial charge in [-0.2, -0.15) is 0 Å². The number of nitrogens with one attached hydrogen (secondary N) is 2. The average Bonchev–Trinajstić information content (AvgIpc) is 3.10. The predicted octanol–water partition coefficient (Wildman–Crippen LogP) is 4.08. The molecule has 1 amide bonds. The van der Waals surface area contributed by atoms with Gasteiger partial charge in [0.2, 0.25) is 0 Å². The van der Waals surface area contributed by atoms with E-state index in [1.807, 2.05) is 0 Å². The minimum atomic E-state index is -4.14. The van der Waals surface area contributed by atoms with Crippen molar-refractivity contribution in [3.8, 4) is 0 Å². The van der Waals surface area contributed by atoms with E-state index >= 15 is 0 Å². The van der Waals surface area contributed by atoms with E-state index in [2.05, 4.69) is 15.0 Å². The number of sulfonamides is 1. The van der Waals surface area contributed by atoms with E-state index in [0.717, 1.165) is 6.07 Å². The number of carbonyl (C=O) groups is 1. The van der Waals surface area contributed by atoms with E-state index in [-0.39, 0.29) is 45.6 Å². The number of nitrogens with zero attached hydrogens (tertiary/aromatic N) is 1. The highest BCUT2D eigenvalue weighted by Crippen LogP contribution is 2.52. The summed E-state index contributed by atoms with van der Waals surface area (Å²) in [7, 11) is -8.15. The van der Waals surface area contributed by atoms with Crippen molar-refractivity contribution in [3.05, 3.63) is 82.8 Å². The summed E-state index contributed by atoms with van der Waals surface area (Å²) in [5, 5.41) is 12.4. The molecule has 224 valence electrons. The first-order valence-corrected chi connectivity index (χ1v) is 16.3. The number of fused-ring (bicyclic) bond motifs is 2. The number of rotatable bonds is 8. The lowest BCUT2D eigenvalue weighted by Gasteiger charge is -2.42. The van der Waals surface area contributed by atoms with Crippen LogP contribution < -0.4 is 10.0 Å². The Hall–Kier alpha value is -3.04. The van der Waals surface area contributed by atoms with Gasteiger partial charge in [0.1, 0.15) is 0 Å². The fraction of sp³-hybridized carbons (Fsp3) is 0.333. The molecule has 2 fully saturated rings. The maximum absolute atomic E-state index is 13.7. The van der Waals surface area contributed by atoms with Gasteiger partial charge in [0.05, 0.1) is 20.8 Å². The summed E-state index contributed by atoms with van der Waals surface area (Å²) >= 11 is 6.24. The lowest BCUT2D eigenvalue weighted by molar-refractivity contribution is -0.0526. The molecule has 1 heterocycles. The van der Waals surface area contributed by atoms with Crippen LogP contribution in [0.5, 0.6) is 0 Å². The van der Waals surface area contributed by atoms with Crippen LogP contribution in [-0.4, -0.2) is 50.2 Å². The van der Waals surface area contributed by atoms with Crippen molar-refractivity contribution in [2.24, 2.45) is 11.8 Å². The van der Waals surface area contributed by atoms with Gasteiger partial charge in [0, 0.05) is 36.1 Å². The minimum Gasteiger partial charge on any atom is -0.388 e. The Morgan fingerprint density at radius 2 is 1.64 bits per heavy atom. The van der Waals surface area contributed by atoms with Crippen LogP contribution in [0.4, 0.5) is 18.9 Å². The molecule has 2 atom stereocenters. The molecular formula is C27H25ClF3N3O6S2. The normalized spacial score (nSPS) is 24.0. The lowest BCUT2D eigenvalue weighted by Crippen LogP contribution is -2.54. The summed E-state index contributed by atoms with van der Waals surface area (Å²) in [5.41, 5.74) is -2.03. The number of amides is 1. The second kappa shape index (κ2) is 11.2. The quantitative estimate of drug-likeness (QED) is 0.314. The Bertz CT molecular complexity index is 1720. The third kappa shape index (κ3) is 5.65. The third-order valence-electron chi connectivity index (χ3n) is 8.01. The molecule has 3 aromatic rings. The molecule has 2 aliphatic carbocycles. The Balaban J connectivity index is 1.33. The largest absolute Gasteiger partial charge is 0.388 e. The Kier molecular flexibility index (Phi) is 8.13. The average molecular weight is 644 g/mol. The monoisotopic (exact) mass is 643 g/mol. The van der Waals surface area contributed by atoms with Crippen molar-refractivity contribution in [2.45, 2.75) is 46.5 Å². The number of sulfone groups is 1. The van der Waals surface area contributed by atoms with E-state index in [0.29, 0.717) is 25.0 Å². The zero-order chi connectivity index (χ0) is 30.4. The zero-order valence-electron chi connectivity index (χ0n) is 21.7. The highest BCUT2D eigenvalue weighted by Gasteiger charge is 2.56. The van der Waals surface area contributed by atoms with Crippen LogP contribution in [0.25, 0.3) is 0 Å². The van der Waals surface area contributed by atoms with Gasteiger partial charge in [-0.3, -0.25) is 4.79 Å².